The Kier molecular flexibility index (Phi) is 4.04. The molecular weight excluding hydrogens is 214 g/mol. The molecule has 0 amide bonds. The molecule has 0 saturated carbocycles. The van der Waals surface area contributed by atoms with Gasteiger partial charge in [0.2, 0.25) is 0 Å². The van der Waals surface area contributed by atoms with Crippen LogP contribution in [0.4, 0.5) is 0 Å². The zero-order valence-corrected chi connectivity index (χ0v) is 11.5. The molecule has 1 aliphatic rings. The third-order valence-electron chi connectivity index (χ3n) is 3.82. The monoisotopic (exact) mass is 237 g/mol. The van der Waals surface area contributed by atoms with Crippen molar-refractivity contribution in [1.29, 1.82) is 0 Å². The zero-order chi connectivity index (χ0) is 11.5. The Labute approximate surface area is 103 Å². The van der Waals surface area contributed by atoms with Crippen LogP contribution in [0.2, 0.25) is 0 Å². The minimum absolute atomic E-state index is 0.840. The van der Waals surface area contributed by atoms with Crippen molar-refractivity contribution in [3.8, 4) is 0 Å². The first-order valence-corrected chi connectivity index (χ1v) is 7.30. The maximum absolute atomic E-state index is 2.65. The number of thiophene rings is 1. The van der Waals surface area contributed by atoms with Gasteiger partial charge in [0.05, 0.1) is 0 Å². The second-order valence-electron chi connectivity index (χ2n) is 5.41. The summed E-state index contributed by atoms with van der Waals surface area (Å²) in [6, 6.07) is 2.24. The Morgan fingerprint density at radius 3 is 2.94 bits per heavy atom. The maximum Gasteiger partial charge on any atom is 0.0330 e. The van der Waals surface area contributed by atoms with Gasteiger partial charge in [0.1, 0.15) is 0 Å². The molecule has 2 heterocycles. The molecular formula is C14H23NS. The number of nitrogens with zero attached hydrogens (tertiary/aromatic N) is 1. The summed E-state index contributed by atoms with van der Waals surface area (Å²) in [7, 11) is 0. The van der Waals surface area contributed by atoms with Crippen LogP contribution in [-0.2, 0) is 6.54 Å². The molecule has 1 nitrogen and oxygen atoms in total. The average Bonchev–Trinajstić information content (AvgIpc) is 2.65. The van der Waals surface area contributed by atoms with Gasteiger partial charge in [-0.1, -0.05) is 13.8 Å². The molecule has 0 aromatic carbocycles. The molecule has 0 unspecified atom stereocenters. The van der Waals surface area contributed by atoms with Crippen LogP contribution in [0.3, 0.4) is 0 Å². The van der Waals surface area contributed by atoms with E-state index in [1.807, 2.05) is 11.3 Å². The minimum atomic E-state index is 0.840. The summed E-state index contributed by atoms with van der Waals surface area (Å²) in [6.45, 7) is 10.7. The molecule has 2 heteroatoms. The molecule has 90 valence electrons. The molecule has 1 aromatic rings. The molecule has 0 aliphatic carbocycles. The van der Waals surface area contributed by atoms with Gasteiger partial charge in [0.25, 0.3) is 0 Å². The number of aryl methyl sites for hydroxylation is 1. The number of likely N-dealkylation sites (tertiary alicyclic amines) is 1. The quantitative estimate of drug-likeness (QED) is 0.770. The van der Waals surface area contributed by atoms with E-state index < -0.39 is 0 Å². The summed E-state index contributed by atoms with van der Waals surface area (Å²) in [5.41, 5.74) is 1.47. The van der Waals surface area contributed by atoms with Crippen LogP contribution >= 0.6 is 11.3 Å². The summed E-state index contributed by atoms with van der Waals surface area (Å²) >= 11 is 1.91. The van der Waals surface area contributed by atoms with E-state index in [1.165, 1.54) is 38.0 Å². The van der Waals surface area contributed by atoms with Gasteiger partial charge in [0.15, 0.2) is 0 Å². The van der Waals surface area contributed by atoms with E-state index in [2.05, 4.69) is 37.1 Å². The van der Waals surface area contributed by atoms with E-state index >= 15 is 0 Å². The van der Waals surface area contributed by atoms with Gasteiger partial charge in [-0.05, 0) is 55.2 Å². The van der Waals surface area contributed by atoms with Gasteiger partial charge in [0, 0.05) is 18.0 Å². The van der Waals surface area contributed by atoms with E-state index in [1.54, 1.807) is 4.88 Å². The van der Waals surface area contributed by atoms with Gasteiger partial charge in [-0.15, -0.1) is 11.3 Å². The van der Waals surface area contributed by atoms with Crippen molar-refractivity contribution >= 4 is 11.3 Å². The molecule has 0 bridgehead atoms. The van der Waals surface area contributed by atoms with Crippen LogP contribution in [0.5, 0.6) is 0 Å². The fourth-order valence-electron chi connectivity index (χ4n) is 2.55. The lowest BCUT2D eigenvalue weighted by atomic mass is 9.88. The number of hydrogen-bond acceptors (Lipinski definition) is 2. The van der Waals surface area contributed by atoms with Crippen LogP contribution in [-0.4, -0.2) is 18.0 Å². The fourth-order valence-corrected chi connectivity index (χ4v) is 3.50. The van der Waals surface area contributed by atoms with E-state index in [0.29, 0.717) is 0 Å². The van der Waals surface area contributed by atoms with Crippen molar-refractivity contribution < 1.29 is 0 Å². The topological polar surface area (TPSA) is 3.24 Å². The number of rotatable bonds is 3. The van der Waals surface area contributed by atoms with Crippen LogP contribution in [0.25, 0.3) is 0 Å². The van der Waals surface area contributed by atoms with Gasteiger partial charge >= 0.3 is 0 Å². The molecule has 1 fully saturated rings. The second-order valence-corrected chi connectivity index (χ2v) is 6.41. The molecule has 1 aliphatic heterocycles. The molecule has 0 N–H and O–H groups in total. The number of hydrogen-bond donors (Lipinski definition) is 0. The van der Waals surface area contributed by atoms with Crippen molar-refractivity contribution in [2.45, 2.75) is 40.2 Å². The summed E-state index contributed by atoms with van der Waals surface area (Å²) in [5, 5.41) is 2.22. The largest absolute Gasteiger partial charge is 0.298 e. The Balaban J connectivity index is 1.93. The fraction of sp³-hybridized carbons (Fsp3) is 0.714. The third-order valence-corrected chi connectivity index (χ3v) is 4.83. The van der Waals surface area contributed by atoms with Crippen molar-refractivity contribution in [3.63, 3.8) is 0 Å². The Bertz CT molecular complexity index is 329. The smallest absolute Gasteiger partial charge is 0.0330 e. The van der Waals surface area contributed by atoms with Crippen LogP contribution in [0.15, 0.2) is 11.4 Å². The van der Waals surface area contributed by atoms with Crippen LogP contribution < -0.4 is 0 Å². The summed E-state index contributed by atoms with van der Waals surface area (Å²) in [5.74, 6) is 1.75. The van der Waals surface area contributed by atoms with Gasteiger partial charge in [-0.25, -0.2) is 0 Å². The first-order chi connectivity index (χ1) is 7.66. The highest BCUT2D eigenvalue weighted by atomic mass is 32.1. The molecule has 2 rings (SSSR count). The summed E-state index contributed by atoms with van der Waals surface area (Å²) in [6.07, 6.45) is 2.81. The average molecular weight is 237 g/mol. The normalized spacial score (nSPS) is 22.9. The summed E-state index contributed by atoms with van der Waals surface area (Å²) < 4.78 is 0. The van der Waals surface area contributed by atoms with E-state index in [-0.39, 0.29) is 0 Å². The van der Waals surface area contributed by atoms with Crippen LogP contribution in [0.1, 0.15) is 37.1 Å². The highest BCUT2D eigenvalue weighted by Gasteiger charge is 2.22. The predicted octanol–water partition coefficient (Wildman–Crippen LogP) is 3.92. The number of piperidine rings is 1. The van der Waals surface area contributed by atoms with Crippen molar-refractivity contribution in [2.75, 3.05) is 13.1 Å². The van der Waals surface area contributed by atoms with Crippen LogP contribution in [0, 0.1) is 18.8 Å². The van der Waals surface area contributed by atoms with Crippen molar-refractivity contribution in [3.05, 3.63) is 21.9 Å². The minimum Gasteiger partial charge on any atom is -0.298 e. The highest BCUT2D eigenvalue weighted by molar-refractivity contribution is 7.10. The molecule has 16 heavy (non-hydrogen) atoms. The van der Waals surface area contributed by atoms with Gasteiger partial charge < -0.3 is 0 Å². The maximum atomic E-state index is 2.65. The second kappa shape index (κ2) is 5.33. The predicted molar refractivity (Wildman–Crippen MR) is 71.9 cm³/mol. The molecule has 0 radical (unpaired) electrons. The molecule has 1 atom stereocenters. The first-order valence-electron chi connectivity index (χ1n) is 6.42. The van der Waals surface area contributed by atoms with Crippen molar-refractivity contribution in [1.82, 2.24) is 4.90 Å². The standard InChI is InChI=1S/C14H23NS/c1-11(2)13-5-4-7-15(9-13)10-14-12(3)6-8-16-14/h6,8,11,13H,4-5,7,9-10H2,1-3H3/t13-/m1/s1. The van der Waals surface area contributed by atoms with E-state index in [4.69, 9.17) is 0 Å². The molecule has 1 aromatic heterocycles. The van der Waals surface area contributed by atoms with Gasteiger partial charge in [-0.3, -0.25) is 4.90 Å². The van der Waals surface area contributed by atoms with E-state index in [0.717, 1.165) is 11.8 Å². The molecule has 1 saturated heterocycles. The Morgan fingerprint density at radius 1 is 1.50 bits per heavy atom. The zero-order valence-electron chi connectivity index (χ0n) is 10.7. The Hall–Kier alpha value is -0.340. The Morgan fingerprint density at radius 2 is 2.31 bits per heavy atom. The van der Waals surface area contributed by atoms with Gasteiger partial charge in [-0.2, -0.15) is 0 Å². The lowest BCUT2D eigenvalue weighted by Gasteiger charge is -2.34. The molecule has 0 spiro atoms. The van der Waals surface area contributed by atoms with Crippen molar-refractivity contribution in [2.24, 2.45) is 11.8 Å². The third kappa shape index (κ3) is 2.86. The SMILES string of the molecule is Cc1ccsc1CN1CCC[C@@H](C(C)C)C1. The first kappa shape index (κ1) is 12.1. The summed E-state index contributed by atoms with van der Waals surface area (Å²) in [4.78, 5) is 4.21. The lowest BCUT2D eigenvalue weighted by molar-refractivity contribution is 0.140. The lowest BCUT2D eigenvalue weighted by Crippen LogP contribution is -2.36. The highest BCUT2D eigenvalue weighted by Crippen LogP contribution is 2.26. The van der Waals surface area contributed by atoms with E-state index in [9.17, 15) is 0 Å².